The molecule has 3 heteroatoms. The summed E-state index contributed by atoms with van der Waals surface area (Å²) < 4.78 is 0. The number of rotatable bonds is 9. The van der Waals surface area contributed by atoms with Crippen molar-refractivity contribution >= 4 is 5.78 Å². The van der Waals surface area contributed by atoms with E-state index in [4.69, 9.17) is 10.2 Å². The Balaban J connectivity index is 0. The Labute approximate surface area is 113 Å². The van der Waals surface area contributed by atoms with Crippen molar-refractivity contribution in [1.82, 2.24) is 0 Å². The fourth-order valence-electron chi connectivity index (χ4n) is 1.72. The molecule has 0 fully saturated rings. The number of carbonyl (C=O) groups is 1. The van der Waals surface area contributed by atoms with Gasteiger partial charge in [-0.25, -0.2) is 0 Å². The van der Waals surface area contributed by atoms with Crippen molar-refractivity contribution in [3.05, 3.63) is 0 Å². The summed E-state index contributed by atoms with van der Waals surface area (Å²) in [6.45, 7) is 8.30. The van der Waals surface area contributed by atoms with Crippen LogP contribution in [0.25, 0.3) is 0 Å². The first-order valence-corrected chi connectivity index (χ1v) is 7.15. The highest BCUT2D eigenvalue weighted by atomic mass is 16.3. The molecule has 0 aliphatic carbocycles. The number of aliphatic hydroxyl groups is 2. The van der Waals surface area contributed by atoms with Crippen molar-refractivity contribution < 1.29 is 15.0 Å². The molecular weight excluding hydrogens is 228 g/mol. The summed E-state index contributed by atoms with van der Waals surface area (Å²) in [4.78, 5) is 10.7. The van der Waals surface area contributed by atoms with Crippen LogP contribution >= 0.6 is 0 Å². The number of ketones is 1. The predicted octanol–water partition coefficient (Wildman–Crippen LogP) is 3.18. The molecule has 0 saturated carbocycles. The van der Waals surface area contributed by atoms with Gasteiger partial charge < -0.3 is 15.0 Å². The molecule has 0 spiro atoms. The molecule has 2 N–H and O–H groups in total. The highest BCUT2D eigenvalue weighted by Gasteiger charge is 2.03. The zero-order valence-corrected chi connectivity index (χ0v) is 12.6. The molecule has 0 heterocycles. The van der Waals surface area contributed by atoms with Crippen molar-refractivity contribution in [2.75, 3.05) is 13.2 Å². The summed E-state index contributed by atoms with van der Waals surface area (Å²) in [5.74, 6) is 1.96. The third-order valence-corrected chi connectivity index (χ3v) is 2.80. The molecule has 0 aromatic heterocycles. The quantitative estimate of drug-likeness (QED) is 0.669. The maximum atomic E-state index is 10.7. The van der Waals surface area contributed by atoms with E-state index in [0.29, 0.717) is 5.78 Å². The van der Waals surface area contributed by atoms with Gasteiger partial charge in [0.2, 0.25) is 0 Å². The first-order chi connectivity index (χ1) is 8.43. The van der Waals surface area contributed by atoms with Gasteiger partial charge >= 0.3 is 0 Å². The average Bonchev–Trinajstić information content (AvgIpc) is 2.28. The fourth-order valence-corrected chi connectivity index (χ4v) is 1.72. The van der Waals surface area contributed by atoms with E-state index in [2.05, 4.69) is 20.8 Å². The maximum Gasteiger partial charge on any atom is 0.129 e. The molecule has 0 saturated heterocycles. The lowest BCUT2D eigenvalue weighted by atomic mass is 9.95. The van der Waals surface area contributed by atoms with Crippen molar-refractivity contribution in [2.24, 2.45) is 11.8 Å². The molecule has 1 unspecified atom stereocenters. The molecule has 3 nitrogen and oxygen atoms in total. The zero-order valence-electron chi connectivity index (χ0n) is 12.6. The Morgan fingerprint density at radius 1 is 0.944 bits per heavy atom. The van der Waals surface area contributed by atoms with Crippen LogP contribution in [0.1, 0.15) is 66.2 Å². The lowest BCUT2D eigenvalue weighted by Crippen LogP contribution is -1.98. The van der Waals surface area contributed by atoms with E-state index in [-0.39, 0.29) is 13.2 Å². The topological polar surface area (TPSA) is 57.5 Å². The monoisotopic (exact) mass is 260 g/mol. The molecule has 18 heavy (non-hydrogen) atoms. The lowest BCUT2D eigenvalue weighted by molar-refractivity contribution is -0.117. The number of Topliss-reactive ketones (excluding diaryl/α,β-unsaturated/α-hetero) is 1. The van der Waals surface area contributed by atoms with Crippen molar-refractivity contribution in [3.8, 4) is 0 Å². The second kappa shape index (κ2) is 14.7. The van der Waals surface area contributed by atoms with Crippen LogP contribution in [0.4, 0.5) is 0 Å². The van der Waals surface area contributed by atoms with Crippen LogP contribution in [0.3, 0.4) is 0 Å². The molecule has 0 aliphatic rings. The highest BCUT2D eigenvalue weighted by molar-refractivity contribution is 5.75. The van der Waals surface area contributed by atoms with Gasteiger partial charge in [-0.05, 0) is 25.2 Å². The number of carbonyl (C=O) groups excluding carboxylic acids is 1. The van der Waals surface area contributed by atoms with Crippen LogP contribution in [0.15, 0.2) is 0 Å². The Hall–Kier alpha value is -0.410. The fraction of sp³-hybridized carbons (Fsp3) is 0.933. The summed E-state index contributed by atoms with van der Waals surface area (Å²) >= 11 is 0. The van der Waals surface area contributed by atoms with E-state index in [1.54, 1.807) is 6.92 Å². The third-order valence-electron chi connectivity index (χ3n) is 2.80. The summed E-state index contributed by atoms with van der Waals surface area (Å²) in [5, 5.41) is 15.2. The molecule has 0 amide bonds. The van der Waals surface area contributed by atoms with E-state index >= 15 is 0 Å². The van der Waals surface area contributed by atoms with Gasteiger partial charge in [0.15, 0.2) is 0 Å². The Kier molecular flexibility index (Phi) is 16.2. The summed E-state index contributed by atoms with van der Waals surface area (Å²) in [5.41, 5.74) is 0. The maximum absolute atomic E-state index is 10.7. The van der Waals surface area contributed by atoms with E-state index in [0.717, 1.165) is 24.7 Å². The van der Waals surface area contributed by atoms with Gasteiger partial charge in [0.05, 0.1) is 13.2 Å². The molecule has 0 aliphatic heterocycles. The van der Waals surface area contributed by atoms with E-state index < -0.39 is 0 Å². The third kappa shape index (κ3) is 20.9. The van der Waals surface area contributed by atoms with Crippen LogP contribution in [0.2, 0.25) is 0 Å². The second-order valence-corrected chi connectivity index (χ2v) is 5.47. The summed E-state index contributed by atoms with van der Waals surface area (Å²) in [6, 6.07) is 0. The molecule has 110 valence electrons. The molecule has 0 bridgehead atoms. The first kappa shape index (κ1) is 19.9. The molecule has 0 aromatic carbocycles. The van der Waals surface area contributed by atoms with Gasteiger partial charge in [-0.3, -0.25) is 0 Å². The molecule has 0 rings (SSSR count). The van der Waals surface area contributed by atoms with E-state index in [1.165, 1.54) is 25.7 Å². The van der Waals surface area contributed by atoms with Gasteiger partial charge in [-0.1, -0.05) is 46.5 Å². The minimum atomic E-state index is -0.125. The van der Waals surface area contributed by atoms with E-state index in [9.17, 15) is 4.79 Å². The van der Waals surface area contributed by atoms with Crippen LogP contribution in [0, 0.1) is 11.8 Å². The predicted molar refractivity (Wildman–Crippen MR) is 76.6 cm³/mol. The highest BCUT2D eigenvalue weighted by Crippen LogP contribution is 2.17. The smallest absolute Gasteiger partial charge is 0.129 e. The van der Waals surface area contributed by atoms with Crippen molar-refractivity contribution in [3.63, 3.8) is 0 Å². The standard InChI is InChI=1S/C13H26O.C2H6O2/c1-11(2)7-5-8-12(3)9-6-10-13(4)14;3-1-2-4/h11-12H,5-10H2,1-4H3;3-4H,1-2H2. The largest absolute Gasteiger partial charge is 0.394 e. The Morgan fingerprint density at radius 2 is 1.44 bits per heavy atom. The zero-order chi connectivity index (χ0) is 14.4. The van der Waals surface area contributed by atoms with Crippen LogP contribution in [0.5, 0.6) is 0 Å². The van der Waals surface area contributed by atoms with Crippen LogP contribution in [-0.4, -0.2) is 29.2 Å². The molecular formula is C15H32O3. The number of hydrogen-bond acceptors (Lipinski definition) is 3. The Bertz CT molecular complexity index is 177. The number of aliphatic hydroxyl groups excluding tert-OH is 2. The van der Waals surface area contributed by atoms with Gasteiger partial charge in [-0.2, -0.15) is 0 Å². The molecule has 0 aromatic rings. The molecule has 1 atom stereocenters. The van der Waals surface area contributed by atoms with Gasteiger partial charge in [-0.15, -0.1) is 0 Å². The van der Waals surface area contributed by atoms with Gasteiger partial charge in [0, 0.05) is 6.42 Å². The lowest BCUT2D eigenvalue weighted by Gasteiger charge is -2.11. The first-order valence-electron chi connectivity index (χ1n) is 7.15. The van der Waals surface area contributed by atoms with Crippen LogP contribution in [-0.2, 0) is 4.79 Å². The normalized spacial score (nSPS) is 11.9. The second-order valence-electron chi connectivity index (χ2n) is 5.47. The summed E-state index contributed by atoms with van der Waals surface area (Å²) in [7, 11) is 0. The summed E-state index contributed by atoms with van der Waals surface area (Å²) in [6.07, 6.45) is 7.09. The number of hydrogen-bond donors (Lipinski definition) is 2. The van der Waals surface area contributed by atoms with Crippen molar-refractivity contribution in [2.45, 2.75) is 66.2 Å². The average molecular weight is 260 g/mol. The van der Waals surface area contributed by atoms with E-state index in [1.807, 2.05) is 0 Å². The minimum Gasteiger partial charge on any atom is -0.394 e. The van der Waals surface area contributed by atoms with Gasteiger partial charge in [0.1, 0.15) is 5.78 Å². The molecule has 0 radical (unpaired) electrons. The minimum absolute atomic E-state index is 0.125. The SMILES string of the molecule is CC(=O)CCCC(C)CCCC(C)C.OCCO. The van der Waals surface area contributed by atoms with Crippen LogP contribution < -0.4 is 0 Å². The van der Waals surface area contributed by atoms with Gasteiger partial charge in [0.25, 0.3) is 0 Å². The van der Waals surface area contributed by atoms with Crippen molar-refractivity contribution in [1.29, 1.82) is 0 Å². The Morgan fingerprint density at radius 3 is 1.83 bits per heavy atom.